The number of ketones is 1. The maximum atomic E-state index is 12.5. The van der Waals surface area contributed by atoms with Crippen molar-refractivity contribution in [3.63, 3.8) is 0 Å². The van der Waals surface area contributed by atoms with E-state index in [1.807, 2.05) is 50.5 Å². The molecule has 134 valence electrons. The van der Waals surface area contributed by atoms with Crippen molar-refractivity contribution in [2.45, 2.75) is 20.8 Å². The molecule has 4 nitrogen and oxygen atoms in total. The van der Waals surface area contributed by atoms with Crippen LogP contribution in [0.25, 0.3) is 6.08 Å². The second-order valence-corrected chi connectivity index (χ2v) is 6.86. The lowest BCUT2D eigenvalue weighted by Gasteiger charge is -2.31. The monoisotopic (exact) mass is 397 g/mol. The lowest BCUT2D eigenvalue weighted by atomic mass is 9.87. The largest absolute Gasteiger partial charge is 1.00 e. The molecule has 0 unspecified atom stereocenters. The van der Waals surface area contributed by atoms with Gasteiger partial charge in [0.05, 0.1) is 27.2 Å². The van der Waals surface area contributed by atoms with E-state index in [1.165, 1.54) is 0 Å². The summed E-state index contributed by atoms with van der Waals surface area (Å²) < 4.78 is 5.49. The molecule has 0 aliphatic heterocycles. The zero-order valence-corrected chi connectivity index (χ0v) is 16.8. The van der Waals surface area contributed by atoms with Crippen molar-refractivity contribution >= 4 is 17.8 Å². The number of nitrogens with zero attached hydrogens (tertiary/aromatic N) is 1. The molecule has 1 rings (SSSR count). The normalized spacial score (nSPS) is 11.9. The van der Waals surface area contributed by atoms with E-state index in [0.717, 1.165) is 5.56 Å². The first-order valence-electron chi connectivity index (χ1n) is 7.93. The van der Waals surface area contributed by atoms with Gasteiger partial charge < -0.3 is 26.2 Å². The molecule has 0 fully saturated rings. The van der Waals surface area contributed by atoms with Crippen LogP contribution in [0, 0.1) is 5.41 Å². The van der Waals surface area contributed by atoms with Gasteiger partial charge in [-0.1, -0.05) is 36.4 Å². The third kappa shape index (κ3) is 6.97. The van der Waals surface area contributed by atoms with Crippen LogP contribution < -0.4 is 17.0 Å². The molecule has 0 radical (unpaired) electrons. The van der Waals surface area contributed by atoms with Gasteiger partial charge in [-0.2, -0.15) is 0 Å². The molecule has 1 aromatic rings. The van der Waals surface area contributed by atoms with Crippen molar-refractivity contribution in [3.05, 3.63) is 42.0 Å². The summed E-state index contributed by atoms with van der Waals surface area (Å²) in [5, 5.41) is 0. The van der Waals surface area contributed by atoms with Crippen LogP contribution in [-0.4, -0.2) is 50.0 Å². The first-order chi connectivity index (χ1) is 10.7. The number of rotatable bonds is 8. The number of carbonyl (C=O) groups excluding carboxylic acids is 2. The molecule has 0 bridgehead atoms. The van der Waals surface area contributed by atoms with Crippen LogP contribution in [0.2, 0.25) is 0 Å². The van der Waals surface area contributed by atoms with Crippen molar-refractivity contribution in [1.82, 2.24) is 0 Å². The van der Waals surface area contributed by atoms with Gasteiger partial charge in [0.25, 0.3) is 0 Å². The van der Waals surface area contributed by atoms with Gasteiger partial charge >= 0.3 is 5.97 Å². The first-order valence-corrected chi connectivity index (χ1v) is 7.93. The Balaban J connectivity index is 0.00000529. The molecule has 0 saturated heterocycles. The third-order valence-electron chi connectivity index (χ3n) is 3.76. The van der Waals surface area contributed by atoms with Gasteiger partial charge in [-0.05, 0) is 32.4 Å². The molecule has 24 heavy (non-hydrogen) atoms. The molecular weight excluding hydrogens is 370 g/mol. The number of hydrogen-bond acceptors (Lipinski definition) is 3. The first kappa shape index (κ1) is 22.5. The minimum atomic E-state index is -1.10. The van der Waals surface area contributed by atoms with Gasteiger partial charge in [0.2, 0.25) is 5.78 Å². The summed E-state index contributed by atoms with van der Waals surface area (Å²) >= 11 is 0. The molecule has 1 aromatic carbocycles. The number of benzene rings is 1. The third-order valence-corrected chi connectivity index (χ3v) is 3.76. The fourth-order valence-electron chi connectivity index (χ4n) is 2.11. The van der Waals surface area contributed by atoms with Gasteiger partial charge in [0, 0.05) is 0 Å². The number of carbonyl (C=O) groups is 2. The van der Waals surface area contributed by atoms with Crippen molar-refractivity contribution < 1.29 is 35.8 Å². The van der Waals surface area contributed by atoms with Crippen molar-refractivity contribution in [1.29, 1.82) is 0 Å². The van der Waals surface area contributed by atoms with Crippen LogP contribution in [0.3, 0.4) is 0 Å². The molecule has 0 amide bonds. The topological polar surface area (TPSA) is 43.4 Å². The highest BCUT2D eigenvalue weighted by Crippen LogP contribution is 2.20. The number of likely N-dealkylation sites (N-methyl/N-ethyl adjacent to an activating group) is 1. The number of Topliss-reactive ketones (excluding diaryl/α,β-unsaturated/α-hetero) is 1. The Bertz CT molecular complexity index is 565. The summed E-state index contributed by atoms with van der Waals surface area (Å²) in [7, 11) is 3.96. The summed E-state index contributed by atoms with van der Waals surface area (Å²) in [6.45, 7) is 6.28. The second kappa shape index (κ2) is 9.74. The molecule has 0 saturated carbocycles. The Labute approximate surface area is 155 Å². The second-order valence-electron chi connectivity index (χ2n) is 6.86. The number of quaternary nitrogens is 1. The fourth-order valence-corrected chi connectivity index (χ4v) is 2.11. The van der Waals surface area contributed by atoms with Crippen LogP contribution in [-0.2, 0) is 14.3 Å². The molecule has 5 heteroatoms. The van der Waals surface area contributed by atoms with E-state index in [-0.39, 0.29) is 35.9 Å². The fraction of sp³-hybridized carbons (Fsp3) is 0.474. The average molecular weight is 398 g/mol. The minimum absolute atomic E-state index is 0. The van der Waals surface area contributed by atoms with Crippen LogP contribution >= 0.6 is 0 Å². The molecule has 0 spiro atoms. The van der Waals surface area contributed by atoms with Gasteiger partial charge in [-0.15, -0.1) is 0 Å². The maximum Gasteiger partial charge on any atom is 0.319 e. The van der Waals surface area contributed by atoms with Gasteiger partial charge in [0.1, 0.15) is 12.0 Å². The van der Waals surface area contributed by atoms with Crippen molar-refractivity contribution in [2.24, 2.45) is 5.41 Å². The number of halogens is 1. The van der Waals surface area contributed by atoms with Gasteiger partial charge in [0.15, 0.2) is 0 Å². The average Bonchev–Trinajstić information content (AvgIpc) is 2.47. The zero-order chi connectivity index (χ0) is 17.5. The van der Waals surface area contributed by atoms with E-state index in [2.05, 4.69) is 6.08 Å². The highest BCUT2D eigenvalue weighted by atomic mass is 79.9. The van der Waals surface area contributed by atoms with E-state index in [9.17, 15) is 9.59 Å². The molecule has 0 heterocycles. The summed E-state index contributed by atoms with van der Waals surface area (Å²) in [5.41, 5.74) is 0.0278. The highest BCUT2D eigenvalue weighted by Gasteiger charge is 2.40. The molecular formula is C19H28BrNO3. The van der Waals surface area contributed by atoms with Crippen LogP contribution in [0.1, 0.15) is 26.3 Å². The van der Waals surface area contributed by atoms with E-state index < -0.39 is 11.4 Å². The van der Waals surface area contributed by atoms with Crippen LogP contribution in [0.4, 0.5) is 0 Å². The van der Waals surface area contributed by atoms with E-state index >= 15 is 0 Å². The van der Waals surface area contributed by atoms with Crippen molar-refractivity contribution in [3.8, 4) is 0 Å². The molecule has 0 atom stereocenters. The summed E-state index contributed by atoms with van der Waals surface area (Å²) in [6, 6.07) is 10.0. The predicted molar refractivity (Wildman–Crippen MR) is 92.7 cm³/mol. The maximum absolute atomic E-state index is 12.5. The van der Waals surface area contributed by atoms with E-state index in [4.69, 9.17) is 4.74 Å². The van der Waals surface area contributed by atoms with E-state index in [0.29, 0.717) is 11.0 Å². The smallest absolute Gasteiger partial charge is 0.319 e. The highest BCUT2D eigenvalue weighted by molar-refractivity contribution is 6.03. The number of esters is 1. The summed E-state index contributed by atoms with van der Waals surface area (Å²) in [4.78, 5) is 24.4. The van der Waals surface area contributed by atoms with E-state index in [1.54, 1.807) is 20.8 Å². The summed E-state index contributed by atoms with van der Waals surface area (Å²) in [5.74, 6) is -0.557. The molecule has 0 aliphatic carbocycles. The molecule has 0 aliphatic rings. The van der Waals surface area contributed by atoms with Crippen LogP contribution in [0.5, 0.6) is 0 Å². The lowest BCUT2D eigenvalue weighted by Crippen LogP contribution is -3.00. The van der Waals surface area contributed by atoms with Gasteiger partial charge in [-0.25, -0.2) is 0 Å². The Morgan fingerprint density at radius 3 is 2.29 bits per heavy atom. The Morgan fingerprint density at radius 2 is 1.75 bits per heavy atom. The van der Waals surface area contributed by atoms with Crippen molar-refractivity contribution in [2.75, 3.05) is 33.8 Å². The quantitative estimate of drug-likeness (QED) is 0.350. The molecule has 0 aromatic heterocycles. The lowest BCUT2D eigenvalue weighted by molar-refractivity contribution is -0.876. The van der Waals surface area contributed by atoms with Gasteiger partial charge in [-0.3, -0.25) is 9.59 Å². The standard InChI is InChI=1S/C19H28NO3.BrH/c1-6-23-18(22)19(2,3)17(21)15-20(4,5)14-10-13-16-11-8-7-9-12-16;/h7-13H,6,14-15H2,1-5H3;1H/q+1;/p-1/b13-10+;. The predicted octanol–water partition coefficient (Wildman–Crippen LogP) is -0.0614. The number of hydrogen-bond donors (Lipinski definition) is 0. The molecule has 0 N–H and O–H groups in total. The van der Waals surface area contributed by atoms with Crippen LogP contribution in [0.15, 0.2) is 36.4 Å². The Kier molecular flexibility index (Phi) is 9.15. The Hall–Kier alpha value is -1.46. The SMILES string of the molecule is CCOC(=O)C(C)(C)C(=O)C[N+](C)(C)C/C=C/c1ccccc1.[Br-]. The number of ether oxygens (including phenoxy) is 1. The summed E-state index contributed by atoms with van der Waals surface area (Å²) in [6.07, 6.45) is 4.10. The Morgan fingerprint density at radius 1 is 1.17 bits per heavy atom. The minimum Gasteiger partial charge on any atom is -1.00 e. The zero-order valence-electron chi connectivity index (χ0n) is 15.2.